The van der Waals surface area contributed by atoms with E-state index in [2.05, 4.69) is 13.8 Å². The fourth-order valence-corrected chi connectivity index (χ4v) is 3.16. The number of nitrogens with zero attached hydrogens (tertiary/aromatic N) is 1. The van der Waals surface area contributed by atoms with Gasteiger partial charge in [-0.1, -0.05) is 13.8 Å². The molecule has 0 aliphatic carbocycles. The Bertz CT molecular complexity index is 695. The van der Waals surface area contributed by atoms with Crippen molar-refractivity contribution in [3.05, 3.63) is 35.1 Å². The predicted molar refractivity (Wildman–Crippen MR) is 95.1 cm³/mol. The van der Waals surface area contributed by atoms with Crippen molar-refractivity contribution in [1.82, 2.24) is 4.90 Å². The van der Waals surface area contributed by atoms with E-state index in [1.54, 1.807) is 0 Å². The number of esters is 1. The molecule has 0 unspecified atom stereocenters. The van der Waals surface area contributed by atoms with Crippen LogP contribution in [0.4, 0.5) is 17.6 Å². The number of hydrogen-bond donors (Lipinski definition) is 0. The Morgan fingerprint density at radius 2 is 1.82 bits per heavy atom. The molecule has 156 valence electrons. The third kappa shape index (κ3) is 6.21. The number of benzene rings is 1. The van der Waals surface area contributed by atoms with Crippen LogP contribution in [0.1, 0.15) is 55.5 Å². The first kappa shape index (κ1) is 22.2. The van der Waals surface area contributed by atoms with Gasteiger partial charge in [0.15, 0.2) is 0 Å². The van der Waals surface area contributed by atoms with E-state index in [1.807, 2.05) is 0 Å². The van der Waals surface area contributed by atoms with Gasteiger partial charge in [0, 0.05) is 18.7 Å². The van der Waals surface area contributed by atoms with E-state index in [4.69, 9.17) is 4.74 Å². The third-order valence-corrected chi connectivity index (χ3v) is 4.76. The molecular weight excluding hydrogens is 378 g/mol. The minimum absolute atomic E-state index is 0.211. The van der Waals surface area contributed by atoms with Crippen molar-refractivity contribution in [3.8, 4) is 0 Å². The lowest BCUT2D eigenvalue weighted by molar-refractivity contribution is -0.150. The monoisotopic (exact) mass is 403 g/mol. The third-order valence-electron chi connectivity index (χ3n) is 4.76. The molecule has 8 heteroatoms. The minimum Gasteiger partial charge on any atom is -0.465 e. The van der Waals surface area contributed by atoms with Gasteiger partial charge >= 0.3 is 12.1 Å². The normalized spacial score (nSPS) is 15.8. The second-order valence-corrected chi connectivity index (χ2v) is 7.50. The lowest BCUT2D eigenvalue weighted by Gasteiger charge is -2.31. The van der Waals surface area contributed by atoms with Gasteiger partial charge in [0.05, 0.1) is 18.1 Å². The largest absolute Gasteiger partial charge is 0.465 e. The highest BCUT2D eigenvalue weighted by molar-refractivity contribution is 5.94. The first-order valence-corrected chi connectivity index (χ1v) is 9.41. The van der Waals surface area contributed by atoms with Crippen LogP contribution < -0.4 is 0 Å². The van der Waals surface area contributed by atoms with E-state index in [0.29, 0.717) is 37.5 Å². The molecule has 1 aromatic rings. The Kier molecular flexibility index (Phi) is 7.43. The van der Waals surface area contributed by atoms with Gasteiger partial charge in [0.25, 0.3) is 5.91 Å². The minimum atomic E-state index is -4.73. The zero-order valence-electron chi connectivity index (χ0n) is 16.0. The molecule has 0 radical (unpaired) electrons. The number of hydrogen-bond acceptors (Lipinski definition) is 3. The van der Waals surface area contributed by atoms with Crippen molar-refractivity contribution in [3.63, 3.8) is 0 Å². The zero-order chi connectivity index (χ0) is 20.9. The van der Waals surface area contributed by atoms with Crippen LogP contribution in [0.25, 0.3) is 0 Å². The lowest BCUT2D eigenvalue weighted by atomic mass is 9.96. The number of piperidine rings is 1. The molecule has 28 heavy (non-hydrogen) atoms. The molecule has 0 aromatic heterocycles. The molecule has 4 nitrogen and oxygen atoms in total. The van der Waals surface area contributed by atoms with Crippen LogP contribution in [0.3, 0.4) is 0 Å². The highest BCUT2D eigenvalue weighted by Crippen LogP contribution is 2.31. The number of alkyl halides is 3. The van der Waals surface area contributed by atoms with Crippen LogP contribution in [-0.4, -0.2) is 36.5 Å². The first-order valence-electron chi connectivity index (χ1n) is 9.41. The second-order valence-electron chi connectivity index (χ2n) is 7.50. The van der Waals surface area contributed by atoms with Crippen molar-refractivity contribution < 1.29 is 31.9 Å². The second kappa shape index (κ2) is 9.39. The lowest BCUT2D eigenvalue weighted by Crippen LogP contribution is -2.40. The maximum absolute atomic E-state index is 13.5. The van der Waals surface area contributed by atoms with Gasteiger partial charge in [-0.2, -0.15) is 13.2 Å². The topological polar surface area (TPSA) is 46.6 Å². The van der Waals surface area contributed by atoms with Crippen LogP contribution >= 0.6 is 0 Å². The molecule has 1 aliphatic rings. The summed E-state index contributed by atoms with van der Waals surface area (Å²) >= 11 is 0. The molecule has 0 atom stereocenters. The fraction of sp³-hybridized carbons (Fsp3) is 0.600. The summed E-state index contributed by atoms with van der Waals surface area (Å²) in [5.74, 6) is -1.89. The number of carbonyl (C=O) groups is 2. The molecule has 1 aliphatic heterocycles. The molecule has 1 heterocycles. The summed E-state index contributed by atoms with van der Waals surface area (Å²) in [6, 6.07) is 1.81. The Hall–Kier alpha value is -2.12. The van der Waals surface area contributed by atoms with Crippen LogP contribution in [0.15, 0.2) is 18.2 Å². The summed E-state index contributed by atoms with van der Waals surface area (Å²) in [6.07, 6.45) is -2.23. The van der Waals surface area contributed by atoms with Gasteiger partial charge in [-0.25, -0.2) is 4.39 Å². The molecule has 1 saturated heterocycles. The molecule has 1 fully saturated rings. The molecule has 1 amide bonds. The van der Waals surface area contributed by atoms with Crippen molar-refractivity contribution in [2.45, 2.75) is 45.7 Å². The summed E-state index contributed by atoms with van der Waals surface area (Å²) in [5.41, 5.74) is -1.54. The average molecular weight is 403 g/mol. The van der Waals surface area contributed by atoms with Gasteiger partial charge < -0.3 is 9.64 Å². The number of rotatable bonds is 6. The zero-order valence-corrected chi connectivity index (χ0v) is 16.0. The highest BCUT2D eigenvalue weighted by Gasteiger charge is 2.33. The summed E-state index contributed by atoms with van der Waals surface area (Å²) in [4.78, 5) is 25.9. The molecule has 1 aromatic carbocycles. The maximum atomic E-state index is 13.5. The molecule has 0 bridgehead atoms. The fourth-order valence-electron chi connectivity index (χ4n) is 3.16. The SMILES string of the molecule is CC(C)CCCOC(=O)C1CCN(C(=O)c2cc(F)cc(C(F)(F)F)c2)CC1. The summed E-state index contributed by atoms with van der Waals surface area (Å²) < 4.78 is 57.2. The number of likely N-dealkylation sites (tertiary alicyclic amines) is 1. The molecule has 0 spiro atoms. The predicted octanol–water partition coefficient (Wildman–Crippen LogP) is 4.68. The highest BCUT2D eigenvalue weighted by atomic mass is 19.4. The van der Waals surface area contributed by atoms with Crippen molar-refractivity contribution in [1.29, 1.82) is 0 Å². The van der Waals surface area contributed by atoms with Crippen molar-refractivity contribution >= 4 is 11.9 Å². The molecule has 0 N–H and O–H groups in total. The first-order chi connectivity index (χ1) is 13.1. The van der Waals surface area contributed by atoms with Gasteiger partial charge in [-0.15, -0.1) is 0 Å². The van der Waals surface area contributed by atoms with E-state index in [-0.39, 0.29) is 30.5 Å². The Balaban J connectivity index is 1.90. The Morgan fingerprint density at radius 3 is 2.39 bits per heavy atom. The number of amides is 1. The number of carbonyl (C=O) groups excluding carboxylic acids is 2. The van der Waals surface area contributed by atoms with E-state index < -0.39 is 23.5 Å². The van der Waals surface area contributed by atoms with Gasteiger partial charge in [0.2, 0.25) is 0 Å². The Morgan fingerprint density at radius 1 is 1.18 bits per heavy atom. The van der Waals surface area contributed by atoms with E-state index >= 15 is 0 Å². The molecular formula is C20H25F4NO3. The molecule has 2 rings (SSSR count). The number of ether oxygens (including phenoxy) is 1. The van der Waals surface area contributed by atoms with Crippen LogP contribution in [0.2, 0.25) is 0 Å². The smallest absolute Gasteiger partial charge is 0.416 e. The van der Waals surface area contributed by atoms with Gasteiger partial charge in [-0.3, -0.25) is 9.59 Å². The van der Waals surface area contributed by atoms with Crippen LogP contribution in [0.5, 0.6) is 0 Å². The van der Waals surface area contributed by atoms with Crippen molar-refractivity contribution in [2.24, 2.45) is 11.8 Å². The van der Waals surface area contributed by atoms with E-state index in [0.717, 1.165) is 18.9 Å². The summed E-state index contributed by atoms with van der Waals surface area (Å²) in [6.45, 7) is 4.96. The van der Waals surface area contributed by atoms with Crippen LogP contribution in [0, 0.1) is 17.7 Å². The number of halogens is 4. The van der Waals surface area contributed by atoms with Gasteiger partial charge in [-0.05, 0) is 49.8 Å². The Labute approximate surface area is 161 Å². The average Bonchev–Trinajstić information content (AvgIpc) is 2.63. The summed E-state index contributed by atoms with van der Waals surface area (Å²) in [7, 11) is 0. The quantitative estimate of drug-likeness (QED) is 0.394. The molecule has 0 saturated carbocycles. The standard InChI is InChI=1S/C20H25F4NO3/c1-13(2)4-3-9-28-19(27)14-5-7-25(8-6-14)18(26)15-10-16(20(22,23)24)12-17(21)11-15/h10-14H,3-9H2,1-2H3. The van der Waals surface area contributed by atoms with Crippen LogP contribution in [-0.2, 0) is 15.7 Å². The summed E-state index contributed by atoms with van der Waals surface area (Å²) in [5, 5.41) is 0. The van der Waals surface area contributed by atoms with Gasteiger partial charge in [0.1, 0.15) is 5.82 Å². The van der Waals surface area contributed by atoms with E-state index in [9.17, 15) is 27.2 Å². The van der Waals surface area contributed by atoms with Crippen molar-refractivity contribution in [2.75, 3.05) is 19.7 Å². The maximum Gasteiger partial charge on any atom is 0.416 e. The van der Waals surface area contributed by atoms with E-state index in [1.165, 1.54) is 4.90 Å².